The quantitative estimate of drug-likeness (QED) is 0.158. The van der Waals surface area contributed by atoms with E-state index in [1.54, 1.807) is 12.1 Å². The molecular weight excluding hydrogens is 748 g/mol. The Bertz CT molecular complexity index is 3330. The summed E-state index contributed by atoms with van der Waals surface area (Å²) in [5, 5.41) is 6.03. The van der Waals surface area contributed by atoms with Crippen LogP contribution < -0.4 is 10.1 Å². The summed E-state index contributed by atoms with van der Waals surface area (Å²) in [7, 11) is -1.60. The lowest BCUT2D eigenvalue weighted by Crippen LogP contribution is -2.37. The van der Waals surface area contributed by atoms with Gasteiger partial charge in [-0.3, -0.25) is 0 Å². The minimum absolute atomic E-state index is 0.262. The SMILES string of the molecule is C[Si](C)(C)c1ccc(N(c2ccccc2F)c2cc3c(c4ccccc24)-c2cc4c(cc2C32c3ccccc3-c3ccccc32)c2ccccc2n4-c2ccccc2)cc1. The van der Waals surface area contributed by atoms with Gasteiger partial charge < -0.3 is 9.47 Å². The lowest BCUT2D eigenvalue weighted by atomic mass is 9.70. The van der Waals surface area contributed by atoms with E-state index in [4.69, 9.17) is 0 Å². The van der Waals surface area contributed by atoms with Crippen molar-refractivity contribution in [3.63, 3.8) is 0 Å². The predicted molar refractivity (Wildman–Crippen MR) is 252 cm³/mol. The number of hydrogen-bond acceptors (Lipinski definition) is 1. The third-order valence-electron chi connectivity index (χ3n) is 13.2. The van der Waals surface area contributed by atoms with Gasteiger partial charge in [-0.05, 0) is 111 Å². The normalized spacial score (nSPS) is 13.5. The maximum absolute atomic E-state index is 16.5. The zero-order valence-corrected chi connectivity index (χ0v) is 34.7. The molecule has 0 radical (unpaired) electrons. The van der Waals surface area contributed by atoms with Gasteiger partial charge in [0.15, 0.2) is 0 Å². The van der Waals surface area contributed by atoms with Crippen LogP contribution in [0.4, 0.5) is 21.5 Å². The van der Waals surface area contributed by atoms with E-state index in [-0.39, 0.29) is 5.82 Å². The van der Waals surface area contributed by atoms with Gasteiger partial charge in [-0.25, -0.2) is 4.39 Å². The van der Waals surface area contributed by atoms with E-state index < -0.39 is 13.5 Å². The topological polar surface area (TPSA) is 8.17 Å². The molecule has 0 amide bonds. The van der Waals surface area contributed by atoms with Crippen LogP contribution in [0, 0.1) is 5.82 Å². The standard InChI is InChI=1S/C56H41FN2Si/c1-60(2,3)38-31-29-37(30-32-38)59(52-28-16-14-26-50(52)57)54-35-49-55(43-23-8-7-21-41(43)54)45-34-53-44(42-22-11-15-27-51(42)58(53)36-17-5-4-6-18-36)33-48(45)56(49)46-24-12-9-19-39(46)40-20-10-13-25-47(40)56/h4-35H,1-3H3. The Balaban J connectivity index is 1.25. The fourth-order valence-electron chi connectivity index (χ4n) is 10.6. The number of hydrogen-bond donors (Lipinski definition) is 0. The van der Waals surface area contributed by atoms with Crippen LogP contribution in [-0.2, 0) is 5.41 Å². The third-order valence-corrected chi connectivity index (χ3v) is 15.3. The second kappa shape index (κ2) is 12.7. The summed E-state index contributed by atoms with van der Waals surface area (Å²) >= 11 is 0. The van der Waals surface area contributed by atoms with Gasteiger partial charge >= 0.3 is 0 Å². The van der Waals surface area contributed by atoms with Crippen LogP contribution in [0.5, 0.6) is 0 Å². The van der Waals surface area contributed by atoms with Crippen molar-refractivity contribution in [3.05, 3.63) is 222 Å². The van der Waals surface area contributed by atoms with Gasteiger partial charge in [-0.2, -0.15) is 0 Å². The van der Waals surface area contributed by atoms with Crippen LogP contribution >= 0.6 is 0 Å². The van der Waals surface area contributed by atoms with Crippen molar-refractivity contribution in [2.75, 3.05) is 4.90 Å². The average Bonchev–Trinajstić information content (AvgIpc) is 3.88. The molecular formula is C56H41FN2Si. The van der Waals surface area contributed by atoms with Crippen molar-refractivity contribution in [3.8, 4) is 27.9 Å². The van der Waals surface area contributed by atoms with Gasteiger partial charge in [-0.1, -0.05) is 158 Å². The molecule has 12 rings (SSSR count). The molecule has 1 heterocycles. The monoisotopic (exact) mass is 788 g/mol. The lowest BCUT2D eigenvalue weighted by molar-refractivity contribution is 0.629. The largest absolute Gasteiger partial charge is 0.309 e. The van der Waals surface area contributed by atoms with Crippen LogP contribution in [-0.4, -0.2) is 12.6 Å². The molecule has 0 saturated carbocycles. The molecule has 0 N–H and O–H groups in total. The van der Waals surface area contributed by atoms with Crippen LogP contribution in [0.1, 0.15) is 22.3 Å². The number of fused-ring (bicyclic) bond motifs is 15. The molecule has 0 atom stereocenters. The second-order valence-corrected chi connectivity index (χ2v) is 22.5. The smallest absolute Gasteiger partial charge is 0.147 e. The van der Waals surface area contributed by atoms with Gasteiger partial charge in [0.1, 0.15) is 5.82 Å². The van der Waals surface area contributed by atoms with E-state index in [0.29, 0.717) is 5.69 Å². The molecule has 1 aromatic heterocycles. The minimum atomic E-state index is -1.60. The molecule has 1 spiro atoms. The number of aromatic nitrogens is 1. The predicted octanol–water partition coefficient (Wildman–Crippen LogP) is 14.4. The number of benzene rings is 9. The van der Waals surface area contributed by atoms with Gasteiger partial charge in [0.25, 0.3) is 0 Å². The maximum Gasteiger partial charge on any atom is 0.147 e. The molecule has 0 unspecified atom stereocenters. The molecule has 286 valence electrons. The summed E-state index contributed by atoms with van der Waals surface area (Å²) in [4.78, 5) is 2.16. The van der Waals surface area contributed by atoms with Crippen LogP contribution in [0.15, 0.2) is 194 Å². The highest BCUT2D eigenvalue weighted by atomic mass is 28.3. The fraction of sp³-hybridized carbons (Fsp3) is 0.0714. The van der Waals surface area contributed by atoms with E-state index in [1.807, 2.05) is 12.1 Å². The van der Waals surface area contributed by atoms with Crippen molar-refractivity contribution in [2.45, 2.75) is 25.1 Å². The number of anilines is 3. The van der Waals surface area contributed by atoms with Gasteiger partial charge in [0.2, 0.25) is 0 Å². The Labute approximate surface area is 350 Å². The van der Waals surface area contributed by atoms with Crippen molar-refractivity contribution < 1.29 is 4.39 Å². The number of para-hydroxylation sites is 3. The molecule has 0 aliphatic heterocycles. The van der Waals surface area contributed by atoms with Gasteiger partial charge in [0.05, 0.1) is 35.9 Å². The van der Waals surface area contributed by atoms with E-state index >= 15 is 4.39 Å². The molecule has 4 heteroatoms. The molecule has 2 aliphatic carbocycles. The summed E-state index contributed by atoms with van der Waals surface area (Å²) < 4.78 is 18.9. The highest BCUT2D eigenvalue weighted by Gasteiger charge is 2.53. The van der Waals surface area contributed by atoms with Crippen molar-refractivity contribution in [1.82, 2.24) is 4.57 Å². The number of rotatable bonds is 5. The summed E-state index contributed by atoms with van der Waals surface area (Å²) in [5.41, 5.74) is 15.3. The summed E-state index contributed by atoms with van der Waals surface area (Å²) in [6.45, 7) is 7.10. The Morgan fingerprint density at radius 3 is 1.75 bits per heavy atom. The molecule has 0 saturated heterocycles. The van der Waals surface area contributed by atoms with Crippen LogP contribution in [0.3, 0.4) is 0 Å². The van der Waals surface area contributed by atoms with Crippen LogP contribution in [0.25, 0.3) is 60.5 Å². The first-order chi connectivity index (χ1) is 29.3. The Kier molecular flexibility index (Phi) is 7.43. The third kappa shape index (κ3) is 4.74. The Morgan fingerprint density at radius 1 is 0.450 bits per heavy atom. The Hall–Kier alpha value is -7.01. The van der Waals surface area contributed by atoms with Crippen molar-refractivity contribution in [2.24, 2.45) is 0 Å². The van der Waals surface area contributed by atoms with Crippen molar-refractivity contribution >= 4 is 62.9 Å². The summed E-state index contributed by atoms with van der Waals surface area (Å²) in [6.07, 6.45) is 0. The zero-order valence-electron chi connectivity index (χ0n) is 33.7. The zero-order chi connectivity index (χ0) is 40.3. The minimum Gasteiger partial charge on any atom is -0.309 e. The first kappa shape index (κ1) is 35.0. The average molecular weight is 789 g/mol. The Morgan fingerprint density at radius 2 is 1.05 bits per heavy atom. The molecule has 2 nitrogen and oxygen atoms in total. The van der Waals surface area contributed by atoms with E-state index in [0.717, 1.165) is 27.8 Å². The number of halogens is 1. The van der Waals surface area contributed by atoms with Gasteiger partial charge in [0, 0.05) is 27.5 Å². The summed E-state index contributed by atoms with van der Waals surface area (Å²) in [5.74, 6) is -0.262. The fourth-order valence-corrected chi connectivity index (χ4v) is 11.8. The molecule has 2 aliphatic rings. The molecule has 0 fully saturated rings. The second-order valence-electron chi connectivity index (χ2n) is 17.4. The molecule has 9 aromatic carbocycles. The first-order valence-corrected chi connectivity index (χ1v) is 24.4. The number of nitrogens with zero attached hydrogens (tertiary/aromatic N) is 2. The molecule has 0 bridgehead atoms. The van der Waals surface area contributed by atoms with Gasteiger partial charge in [-0.15, -0.1) is 0 Å². The summed E-state index contributed by atoms with van der Waals surface area (Å²) in [6, 6.07) is 69.7. The maximum atomic E-state index is 16.5. The first-order valence-electron chi connectivity index (χ1n) is 20.9. The lowest BCUT2D eigenvalue weighted by Gasteiger charge is -2.33. The van der Waals surface area contributed by atoms with Crippen LogP contribution in [0.2, 0.25) is 19.6 Å². The molecule has 60 heavy (non-hydrogen) atoms. The highest BCUT2D eigenvalue weighted by Crippen LogP contribution is 2.65. The van der Waals surface area contributed by atoms with E-state index in [1.165, 1.54) is 71.5 Å². The highest BCUT2D eigenvalue weighted by molar-refractivity contribution is 6.88. The van der Waals surface area contributed by atoms with Crippen molar-refractivity contribution in [1.29, 1.82) is 0 Å². The van der Waals surface area contributed by atoms with E-state index in [2.05, 4.69) is 199 Å². The molecule has 10 aromatic rings. The van der Waals surface area contributed by atoms with E-state index in [9.17, 15) is 0 Å².